The van der Waals surface area contributed by atoms with Crippen LogP contribution in [0.25, 0.3) is 0 Å². The molecule has 0 aromatic heterocycles. The maximum Gasteiger partial charge on any atom is 0.472 e. The maximum absolute atomic E-state index is 12.7. The predicted octanol–water partition coefficient (Wildman–Crippen LogP) is 12.8. The molecule has 0 heterocycles. The highest BCUT2D eigenvalue weighted by molar-refractivity contribution is 7.47. The van der Waals surface area contributed by atoms with Crippen molar-refractivity contribution >= 4 is 13.7 Å². The molecule has 5 N–H and O–H groups in total. The number of aliphatic hydroxyl groups is 1. The van der Waals surface area contributed by atoms with Crippen molar-refractivity contribution in [1.82, 2.24) is 5.32 Å². The number of phosphoric acid groups is 1. The van der Waals surface area contributed by atoms with E-state index in [1.807, 2.05) is 6.08 Å². The van der Waals surface area contributed by atoms with Crippen molar-refractivity contribution < 1.29 is 28.4 Å². The van der Waals surface area contributed by atoms with Crippen molar-refractivity contribution in [1.29, 1.82) is 0 Å². The SMILES string of the molecule is CC/C=C\C/C=C\C/C=C\C/C=C\C/C=C\CCCC(=O)NC(COP(=O)(O)OCCN)C(O)/C=C/CCCCCCCCCCCCCCCCCCCC. The van der Waals surface area contributed by atoms with E-state index in [4.69, 9.17) is 14.8 Å². The number of rotatable bonds is 41. The summed E-state index contributed by atoms with van der Waals surface area (Å²) in [6.07, 6.45) is 55.3. The predicted molar refractivity (Wildman–Crippen MR) is 240 cm³/mol. The first-order valence-corrected chi connectivity index (χ1v) is 24.1. The molecule has 0 bridgehead atoms. The van der Waals surface area contributed by atoms with E-state index in [9.17, 15) is 19.4 Å². The van der Waals surface area contributed by atoms with Crippen LogP contribution in [0.4, 0.5) is 0 Å². The van der Waals surface area contributed by atoms with Gasteiger partial charge in [-0.15, -0.1) is 0 Å². The molecule has 0 fully saturated rings. The van der Waals surface area contributed by atoms with Crippen molar-refractivity contribution in [3.05, 3.63) is 72.9 Å². The highest BCUT2D eigenvalue weighted by atomic mass is 31.2. The third-order valence-corrected chi connectivity index (χ3v) is 10.5. The molecule has 0 aliphatic rings. The van der Waals surface area contributed by atoms with Crippen LogP contribution >= 0.6 is 7.82 Å². The number of phosphoric ester groups is 1. The Bertz CT molecular complexity index is 1100. The van der Waals surface area contributed by atoms with Crippen molar-refractivity contribution in [3.8, 4) is 0 Å². The van der Waals surface area contributed by atoms with Gasteiger partial charge in [0.1, 0.15) is 0 Å². The van der Waals surface area contributed by atoms with E-state index in [2.05, 4.69) is 79.9 Å². The van der Waals surface area contributed by atoms with Gasteiger partial charge in [-0.3, -0.25) is 13.8 Å². The van der Waals surface area contributed by atoms with Gasteiger partial charge in [-0.2, -0.15) is 0 Å². The third-order valence-electron chi connectivity index (χ3n) is 9.54. The first-order valence-electron chi connectivity index (χ1n) is 22.6. The van der Waals surface area contributed by atoms with E-state index < -0.39 is 20.0 Å². The second-order valence-electron chi connectivity index (χ2n) is 14.9. The van der Waals surface area contributed by atoms with Gasteiger partial charge >= 0.3 is 7.82 Å². The Morgan fingerprint density at radius 1 is 0.607 bits per heavy atom. The van der Waals surface area contributed by atoms with Crippen molar-refractivity contribution in [2.45, 2.75) is 199 Å². The van der Waals surface area contributed by atoms with Crippen LogP contribution in [0.15, 0.2) is 72.9 Å². The summed E-state index contributed by atoms with van der Waals surface area (Å²) in [6.45, 7) is 3.97. The number of aliphatic hydroxyl groups excluding tert-OH is 1. The monoisotopic (exact) mass is 805 g/mol. The summed E-state index contributed by atoms with van der Waals surface area (Å²) < 4.78 is 22.1. The zero-order valence-electron chi connectivity index (χ0n) is 35.8. The maximum atomic E-state index is 12.7. The summed E-state index contributed by atoms with van der Waals surface area (Å²) in [5.41, 5.74) is 5.37. The molecule has 0 saturated heterocycles. The smallest absolute Gasteiger partial charge is 0.387 e. The van der Waals surface area contributed by atoms with Gasteiger partial charge in [0.15, 0.2) is 0 Å². The van der Waals surface area contributed by atoms with E-state index in [0.29, 0.717) is 6.42 Å². The van der Waals surface area contributed by atoms with Gasteiger partial charge in [0.25, 0.3) is 0 Å². The average molecular weight is 805 g/mol. The lowest BCUT2D eigenvalue weighted by atomic mass is 10.0. The average Bonchev–Trinajstić information content (AvgIpc) is 3.19. The van der Waals surface area contributed by atoms with Crippen LogP contribution in [0.2, 0.25) is 0 Å². The second kappa shape index (κ2) is 42.5. The number of nitrogens with one attached hydrogen (secondary N) is 1. The highest BCUT2D eigenvalue weighted by Crippen LogP contribution is 2.43. The molecule has 3 atom stereocenters. The number of allylic oxidation sites excluding steroid dienone is 11. The Labute approximate surface area is 344 Å². The molecule has 3 unspecified atom stereocenters. The molecule has 324 valence electrons. The molecule has 0 saturated carbocycles. The lowest BCUT2D eigenvalue weighted by Gasteiger charge is -2.23. The first kappa shape index (κ1) is 53.9. The topological polar surface area (TPSA) is 131 Å². The van der Waals surface area contributed by atoms with E-state index in [-0.39, 0.29) is 32.1 Å². The number of carbonyl (C=O) groups excluding carboxylic acids is 1. The van der Waals surface area contributed by atoms with Gasteiger partial charge in [0, 0.05) is 13.0 Å². The van der Waals surface area contributed by atoms with Gasteiger partial charge in [0.05, 0.1) is 25.4 Å². The van der Waals surface area contributed by atoms with Crippen LogP contribution in [0.5, 0.6) is 0 Å². The molecule has 0 aliphatic heterocycles. The largest absolute Gasteiger partial charge is 0.472 e. The molecule has 0 aromatic rings. The molecule has 56 heavy (non-hydrogen) atoms. The lowest BCUT2D eigenvalue weighted by molar-refractivity contribution is -0.122. The molecular weight excluding hydrogens is 719 g/mol. The van der Waals surface area contributed by atoms with Crippen LogP contribution in [-0.4, -0.2) is 47.8 Å². The second-order valence-corrected chi connectivity index (χ2v) is 16.3. The van der Waals surface area contributed by atoms with E-state index in [1.165, 1.54) is 103 Å². The van der Waals surface area contributed by atoms with Crippen molar-refractivity contribution in [2.24, 2.45) is 5.73 Å². The minimum absolute atomic E-state index is 0.0662. The van der Waals surface area contributed by atoms with Crippen LogP contribution in [0.3, 0.4) is 0 Å². The summed E-state index contributed by atoms with van der Waals surface area (Å²) in [6, 6.07) is -0.894. The number of amides is 1. The van der Waals surface area contributed by atoms with E-state index in [0.717, 1.165) is 57.8 Å². The van der Waals surface area contributed by atoms with E-state index >= 15 is 0 Å². The van der Waals surface area contributed by atoms with Crippen LogP contribution < -0.4 is 11.1 Å². The summed E-state index contributed by atoms with van der Waals surface area (Å²) in [4.78, 5) is 22.7. The third kappa shape index (κ3) is 40.1. The Kier molecular flexibility index (Phi) is 41.0. The lowest BCUT2D eigenvalue weighted by Crippen LogP contribution is -2.45. The van der Waals surface area contributed by atoms with Gasteiger partial charge in [-0.05, 0) is 57.8 Å². The number of hydrogen-bond acceptors (Lipinski definition) is 6. The zero-order chi connectivity index (χ0) is 41.1. The molecule has 9 heteroatoms. The van der Waals surface area contributed by atoms with Gasteiger partial charge < -0.3 is 21.1 Å². The van der Waals surface area contributed by atoms with Crippen molar-refractivity contribution in [2.75, 3.05) is 19.8 Å². The summed E-state index contributed by atoms with van der Waals surface area (Å²) in [5.74, 6) is -0.252. The Morgan fingerprint density at radius 2 is 1.04 bits per heavy atom. The first-order chi connectivity index (χ1) is 27.4. The summed E-state index contributed by atoms with van der Waals surface area (Å²) in [7, 11) is -4.36. The molecule has 0 aliphatic carbocycles. The minimum Gasteiger partial charge on any atom is -0.387 e. The summed E-state index contributed by atoms with van der Waals surface area (Å²) >= 11 is 0. The molecule has 0 rings (SSSR count). The van der Waals surface area contributed by atoms with Crippen LogP contribution in [-0.2, 0) is 18.4 Å². The number of nitrogens with two attached hydrogens (primary N) is 1. The van der Waals surface area contributed by atoms with Gasteiger partial charge in [0.2, 0.25) is 5.91 Å². The quantitative estimate of drug-likeness (QED) is 0.0275. The van der Waals surface area contributed by atoms with Crippen LogP contribution in [0.1, 0.15) is 187 Å². The molecule has 8 nitrogen and oxygen atoms in total. The molecular formula is C47H85N2O6P. The number of unbranched alkanes of at least 4 members (excludes halogenated alkanes) is 19. The van der Waals surface area contributed by atoms with Crippen LogP contribution in [0, 0.1) is 0 Å². The summed E-state index contributed by atoms with van der Waals surface area (Å²) in [5, 5.41) is 13.6. The fraction of sp³-hybridized carbons (Fsp3) is 0.723. The Morgan fingerprint density at radius 3 is 1.50 bits per heavy atom. The van der Waals surface area contributed by atoms with Gasteiger partial charge in [-0.25, -0.2) is 4.57 Å². The highest BCUT2D eigenvalue weighted by Gasteiger charge is 2.26. The standard InChI is InChI=1S/C47H85N2O6P/c1-3-5-7-9-11-13-15-17-19-21-22-23-25-26-28-30-32-34-36-38-40-46(50)45(44-55-56(52,53)54-43-42-48)49-47(51)41-39-37-35-33-31-29-27-24-20-18-16-14-12-10-8-6-4-2/h6,8,12,14,18,20,27,29,33,35,38,40,45-46,50H,3-5,7,9-11,13,15-17,19,21-26,28,30-32,34,36-37,39,41-44,48H2,1-2H3,(H,49,51)(H,52,53)/b8-6-,14-12-,20-18-,29-27-,35-33-,40-38+. The zero-order valence-corrected chi connectivity index (χ0v) is 36.7. The molecule has 0 radical (unpaired) electrons. The fourth-order valence-corrected chi connectivity index (χ4v) is 6.93. The molecule has 0 aromatic carbocycles. The normalized spacial score (nSPS) is 14.7. The molecule has 0 spiro atoms. The fourth-order valence-electron chi connectivity index (χ4n) is 6.17. The Hall–Kier alpha value is -2.06. The number of carbonyl (C=O) groups is 1. The van der Waals surface area contributed by atoms with Gasteiger partial charge in [-0.1, -0.05) is 196 Å². The molecule has 1 amide bonds. The van der Waals surface area contributed by atoms with E-state index in [1.54, 1.807) is 6.08 Å². The Balaban J connectivity index is 4.29. The minimum atomic E-state index is -4.36. The van der Waals surface area contributed by atoms with Crippen molar-refractivity contribution in [3.63, 3.8) is 0 Å². The number of hydrogen-bond donors (Lipinski definition) is 4.